The molecule has 0 unspecified atom stereocenters. The lowest BCUT2D eigenvalue weighted by Crippen LogP contribution is -2.33. The predicted molar refractivity (Wildman–Crippen MR) is 84.0 cm³/mol. The third-order valence-electron chi connectivity index (χ3n) is 3.61. The van der Waals surface area contributed by atoms with E-state index in [9.17, 15) is 14.4 Å². The number of carbonyl (C=O) groups excluding carboxylic acids is 1. The number of benzene rings is 2. The molecule has 110 valence electrons. The number of fused-ring (bicyclic) bond motifs is 3. The first kappa shape index (κ1) is 14.0. The van der Waals surface area contributed by atoms with Crippen LogP contribution in [0.5, 0.6) is 0 Å². The van der Waals surface area contributed by atoms with Crippen LogP contribution >= 0.6 is 0 Å². The second kappa shape index (κ2) is 5.44. The number of nitrogens with zero attached hydrogens (tertiary/aromatic N) is 1. The second-order valence-corrected chi connectivity index (χ2v) is 4.86. The zero-order valence-corrected chi connectivity index (χ0v) is 11.9. The fourth-order valence-corrected chi connectivity index (χ4v) is 2.53. The SMILES string of the molecule is COC(=O)Cn1c(=O)c2ccccc2c2ccccc2c1=O. The monoisotopic (exact) mass is 295 g/mol. The predicted octanol–water partition coefficient (Wildman–Crippen LogP) is 1.69. The fraction of sp³-hybridized carbons (Fsp3) is 0.118. The van der Waals surface area contributed by atoms with Gasteiger partial charge in [-0.05, 0) is 22.9 Å². The van der Waals surface area contributed by atoms with Crippen LogP contribution in [0.1, 0.15) is 0 Å². The summed E-state index contributed by atoms with van der Waals surface area (Å²) in [6.45, 7) is -0.406. The van der Waals surface area contributed by atoms with E-state index in [-0.39, 0.29) is 0 Å². The van der Waals surface area contributed by atoms with Crippen molar-refractivity contribution in [3.05, 3.63) is 69.2 Å². The van der Waals surface area contributed by atoms with Gasteiger partial charge in [0.2, 0.25) is 0 Å². The van der Waals surface area contributed by atoms with Crippen molar-refractivity contribution in [3.63, 3.8) is 0 Å². The van der Waals surface area contributed by atoms with Crippen LogP contribution in [0.25, 0.3) is 21.5 Å². The van der Waals surface area contributed by atoms with Gasteiger partial charge in [-0.3, -0.25) is 19.0 Å². The molecule has 0 spiro atoms. The highest BCUT2D eigenvalue weighted by Gasteiger charge is 2.13. The Morgan fingerprint density at radius 2 is 1.27 bits per heavy atom. The summed E-state index contributed by atoms with van der Waals surface area (Å²) in [5.74, 6) is -0.640. The lowest BCUT2D eigenvalue weighted by Gasteiger charge is -2.00. The molecule has 0 aliphatic heterocycles. The number of ether oxygens (including phenoxy) is 1. The maximum atomic E-state index is 12.7. The van der Waals surface area contributed by atoms with Crippen molar-refractivity contribution in [2.45, 2.75) is 6.54 Å². The largest absolute Gasteiger partial charge is 0.468 e. The van der Waals surface area contributed by atoms with Gasteiger partial charge in [0.25, 0.3) is 11.1 Å². The molecule has 0 radical (unpaired) electrons. The average Bonchev–Trinajstić information content (AvgIpc) is 2.65. The normalized spacial score (nSPS) is 10.8. The van der Waals surface area contributed by atoms with Crippen LogP contribution in [0.2, 0.25) is 0 Å². The molecule has 3 rings (SSSR count). The molecule has 1 heterocycles. The van der Waals surface area contributed by atoms with Crippen molar-refractivity contribution in [3.8, 4) is 0 Å². The molecule has 3 aromatic rings. The molecule has 0 amide bonds. The van der Waals surface area contributed by atoms with E-state index in [2.05, 4.69) is 4.74 Å². The Kier molecular flexibility index (Phi) is 3.47. The molecule has 5 heteroatoms. The summed E-state index contributed by atoms with van der Waals surface area (Å²) in [5, 5.41) is 2.15. The van der Waals surface area contributed by atoms with E-state index in [4.69, 9.17) is 0 Å². The quantitative estimate of drug-likeness (QED) is 0.675. The minimum atomic E-state index is -0.640. The van der Waals surface area contributed by atoms with Crippen LogP contribution in [0.4, 0.5) is 0 Å². The van der Waals surface area contributed by atoms with E-state index < -0.39 is 23.6 Å². The van der Waals surface area contributed by atoms with Crippen molar-refractivity contribution in [1.29, 1.82) is 0 Å². The highest BCUT2D eigenvalue weighted by molar-refractivity contribution is 6.05. The van der Waals surface area contributed by atoms with E-state index in [1.165, 1.54) is 7.11 Å². The number of hydrogen-bond donors (Lipinski definition) is 0. The zero-order chi connectivity index (χ0) is 15.7. The summed E-state index contributed by atoms with van der Waals surface area (Å²) in [7, 11) is 1.22. The third kappa shape index (κ3) is 2.16. The number of methoxy groups -OCH3 is 1. The topological polar surface area (TPSA) is 65.4 Å². The number of hydrogen-bond acceptors (Lipinski definition) is 4. The summed E-state index contributed by atoms with van der Waals surface area (Å²) in [6, 6.07) is 14.0. The minimum absolute atomic E-state index is 0.393. The Morgan fingerprint density at radius 3 is 1.68 bits per heavy atom. The number of rotatable bonds is 2. The molecule has 0 bridgehead atoms. The molecule has 0 atom stereocenters. The van der Waals surface area contributed by atoms with Gasteiger partial charge in [-0.2, -0.15) is 0 Å². The van der Waals surface area contributed by atoms with E-state index in [1.807, 2.05) is 12.1 Å². The Bertz CT molecular complexity index is 932. The van der Waals surface area contributed by atoms with Crippen LogP contribution < -0.4 is 11.1 Å². The van der Waals surface area contributed by atoms with E-state index in [0.717, 1.165) is 4.57 Å². The molecule has 0 fully saturated rings. The van der Waals surface area contributed by atoms with Gasteiger partial charge in [-0.25, -0.2) is 0 Å². The highest BCUT2D eigenvalue weighted by Crippen LogP contribution is 2.19. The third-order valence-corrected chi connectivity index (χ3v) is 3.61. The van der Waals surface area contributed by atoms with Crippen molar-refractivity contribution in [1.82, 2.24) is 4.57 Å². The Balaban J connectivity index is 2.58. The fourth-order valence-electron chi connectivity index (χ4n) is 2.53. The van der Waals surface area contributed by atoms with Gasteiger partial charge in [0.15, 0.2) is 0 Å². The van der Waals surface area contributed by atoms with Crippen molar-refractivity contribution >= 4 is 27.5 Å². The zero-order valence-electron chi connectivity index (χ0n) is 11.9. The molecule has 0 aliphatic carbocycles. The Labute approximate surface area is 125 Å². The van der Waals surface area contributed by atoms with Crippen LogP contribution in [0.15, 0.2) is 58.1 Å². The Morgan fingerprint density at radius 1 is 0.864 bits per heavy atom. The van der Waals surface area contributed by atoms with Crippen LogP contribution in [-0.2, 0) is 16.1 Å². The lowest BCUT2D eigenvalue weighted by molar-refractivity contribution is -0.141. The number of carbonyl (C=O) groups is 1. The number of esters is 1. The van der Waals surface area contributed by atoms with Crippen LogP contribution in [-0.4, -0.2) is 17.6 Å². The summed E-state index contributed by atoms with van der Waals surface area (Å²) in [6.07, 6.45) is 0. The lowest BCUT2D eigenvalue weighted by atomic mass is 10.1. The summed E-state index contributed by atoms with van der Waals surface area (Å²) >= 11 is 0. The molecular weight excluding hydrogens is 282 g/mol. The smallest absolute Gasteiger partial charge is 0.325 e. The van der Waals surface area contributed by atoms with Crippen LogP contribution in [0, 0.1) is 0 Å². The first-order valence-corrected chi connectivity index (χ1v) is 6.75. The maximum Gasteiger partial charge on any atom is 0.325 e. The van der Waals surface area contributed by atoms with Crippen molar-refractivity contribution in [2.24, 2.45) is 0 Å². The van der Waals surface area contributed by atoms with E-state index in [0.29, 0.717) is 21.5 Å². The molecule has 0 saturated heterocycles. The second-order valence-electron chi connectivity index (χ2n) is 4.86. The summed E-state index contributed by atoms with van der Waals surface area (Å²) < 4.78 is 5.51. The molecule has 22 heavy (non-hydrogen) atoms. The first-order chi connectivity index (χ1) is 10.6. The minimum Gasteiger partial charge on any atom is -0.468 e. The molecule has 5 nitrogen and oxygen atoms in total. The molecule has 0 saturated carbocycles. The van der Waals surface area contributed by atoms with Gasteiger partial charge in [0.05, 0.1) is 7.11 Å². The standard InChI is InChI=1S/C17H13NO4/c1-22-15(19)10-18-16(20)13-8-4-2-6-11(13)12-7-3-5-9-14(12)17(18)21/h2-9H,10H2,1H3. The molecule has 2 aromatic carbocycles. The van der Waals surface area contributed by atoms with Crippen molar-refractivity contribution < 1.29 is 9.53 Å². The Hall–Kier alpha value is -2.95. The average molecular weight is 295 g/mol. The molecule has 0 N–H and O–H groups in total. The highest BCUT2D eigenvalue weighted by atomic mass is 16.5. The van der Waals surface area contributed by atoms with Gasteiger partial charge >= 0.3 is 5.97 Å². The van der Waals surface area contributed by atoms with Gasteiger partial charge in [0, 0.05) is 10.8 Å². The maximum absolute atomic E-state index is 12.7. The first-order valence-electron chi connectivity index (χ1n) is 6.75. The molecular formula is C17H13NO4. The van der Waals surface area contributed by atoms with Gasteiger partial charge in [-0.15, -0.1) is 0 Å². The van der Waals surface area contributed by atoms with Gasteiger partial charge in [0.1, 0.15) is 6.54 Å². The number of aromatic nitrogens is 1. The molecule has 0 aliphatic rings. The van der Waals surface area contributed by atoms with E-state index >= 15 is 0 Å². The van der Waals surface area contributed by atoms with Crippen LogP contribution in [0.3, 0.4) is 0 Å². The van der Waals surface area contributed by atoms with Crippen molar-refractivity contribution in [2.75, 3.05) is 7.11 Å². The van der Waals surface area contributed by atoms with Gasteiger partial charge < -0.3 is 4.74 Å². The summed E-state index contributed by atoms with van der Waals surface area (Å²) in [4.78, 5) is 36.9. The summed E-state index contributed by atoms with van der Waals surface area (Å²) in [5.41, 5.74) is -0.996. The van der Waals surface area contributed by atoms with E-state index in [1.54, 1.807) is 36.4 Å². The van der Waals surface area contributed by atoms with Gasteiger partial charge in [-0.1, -0.05) is 36.4 Å². The molecule has 1 aromatic heterocycles.